The molecule has 0 unspecified atom stereocenters. The summed E-state index contributed by atoms with van der Waals surface area (Å²) in [5, 5.41) is 0. The van der Waals surface area contributed by atoms with Crippen LogP contribution in [0.3, 0.4) is 0 Å². The number of rotatable bonds is 4. The molecule has 0 bridgehead atoms. The summed E-state index contributed by atoms with van der Waals surface area (Å²) in [4.78, 5) is -0.194. The second kappa shape index (κ2) is 7.92. The van der Waals surface area contributed by atoms with Crippen molar-refractivity contribution in [2.75, 3.05) is 7.11 Å². The zero-order valence-electron chi connectivity index (χ0n) is 12.0. The predicted molar refractivity (Wildman–Crippen MR) is 88.5 cm³/mol. The molecule has 1 aliphatic carbocycles. The van der Waals surface area contributed by atoms with E-state index in [9.17, 15) is 12.8 Å². The molecule has 1 aromatic rings. The highest BCUT2D eigenvalue weighted by Crippen LogP contribution is 2.30. The Bertz CT molecular complexity index is 622. The fraction of sp³-hybridized carbons (Fsp3) is 0.538. The third-order valence-electron chi connectivity index (χ3n) is 3.59. The summed E-state index contributed by atoms with van der Waals surface area (Å²) in [7, 11) is -2.49. The molecule has 2 rings (SSSR count). The molecule has 0 saturated heterocycles. The standard InChI is InChI=1S/C13H18BrFN2O3S.ClH/c1-20-12-6-10(14)11(15)7-13(12)21(18,19)17-9-4-2-8(16)3-5-9;/h6-9,17H,2-5,16H2,1H3;1H. The maximum absolute atomic E-state index is 13.6. The summed E-state index contributed by atoms with van der Waals surface area (Å²) in [5.74, 6) is -0.551. The number of sulfonamides is 1. The molecule has 0 amide bonds. The first kappa shape index (κ1) is 19.6. The van der Waals surface area contributed by atoms with Crippen molar-refractivity contribution in [3.05, 3.63) is 22.4 Å². The van der Waals surface area contributed by atoms with E-state index in [2.05, 4.69) is 20.7 Å². The van der Waals surface area contributed by atoms with Gasteiger partial charge in [0.1, 0.15) is 16.5 Å². The van der Waals surface area contributed by atoms with Gasteiger partial charge in [0.15, 0.2) is 0 Å². The quantitative estimate of drug-likeness (QED) is 0.789. The maximum atomic E-state index is 13.6. The first-order valence-corrected chi connectivity index (χ1v) is 8.92. The summed E-state index contributed by atoms with van der Waals surface area (Å²) in [5.41, 5.74) is 5.80. The highest BCUT2D eigenvalue weighted by Gasteiger charge is 2.27. The van der Waals surface area contributed by atoms with Crippen molar-refractivity contribution in [1.29, 1.82) is 0 Å². The van der Waals surface area contributed by atoms with E-state index in [-0.39, 0.29) is 39.6 Å². The molecule has 9 heteroatoms. The van der Waals surface area contributed by atoms with Gasteiger partial charge in [0.25, 0.3) is 0 Å². The average Bonchev–Trinajstić information content (AvgIpc) is 2.43. The van der Waals surface area contributed by atoms with Gasteiger partial charge in [-0.25, -0.2) is 17.5 Å². The van der Waals surface area contributed by atoms with Crippen LogP contribution in [0.1, 0.15) is 25.7 Å². The van der Waals surface area contributed by atoms with E-state index < -0.39 is 15.8 Å². The van der Waals surface area contributed by atoms with E-state index in [1.807, 2.05) is 0 Å². The average molecular weight is 418 g/mol. The van der Waals surface area contributed by atoms with Crippen molar-refractivity contribution in [3.8, 4) is 5.75 Å². The molecule has 0 heterocycles. The number of halogens is 3. The Labute approximate surface area is 144 Å². The number of hydrogen-bond donors (Lipinski definition) is 2. The van der Waals surface area contributed by atoms with Crippen molar-refractivity contribution in [1.82, 2.24) is 4.72 Å². The maximum Gasteiger partial charge on any atom is 0.244 e. The SMILES string of the molecule is COc1cc(Br)c(F)cc1S(=O)(=O)NC1CCC(N)CC1.Cl. The van der Waals surface area contributed by atoms with Crippen molar-refractivity contribution >= 4 is 38.4 Å². The Morgan fingerprint density at radius 1 is 1.32 bits per heavy atom. The highest BCUT2D eigenvalue weighted by atomic mass is 79.9. The molecule has 126 valence electrons. The van der Waals surface area contributed by atoms with Gasteiger partial charge >= 0.3 is 0 Å². The number of nitrogens with two attached hydrogens (primary N) is 1. The Hall–Kier alpha value is -0.410. The fourth-order valence-electron chi connectivity index (χ4n) is 2.40. The first-order chi connectivity index (χ1) is 9.83. The number of methoxy groups -OCH3 is 1. The molecule has 1 aromatic carbocycles. The zero-order chi connectivity index (χ0) is 15.6. The van der Waals surface area contributed by atoms with Crippen LogP contribution in [0.4, 0.5) is 4.39 Å². The van der Waals surface area contributed by atoms with Gasteiger partial charge in [-0.3, -0.25) is 0 Å². The lowest BCUT2D eigenvalue weighted by Crippen LogP contribution is -2.40. The molecule has 1 saturated carbocycles. The van der Waals surface area contributed by atoms with Crippen molar-refractivity contribution < 1.29 is 17.5 Å². The van der Waals surface area contributed by atoms with Crippen molar-refractivity contribution in [3.63, 3.8) is 0 Å². The van der Waals surface area contributed by atoms with E-state index in [1.165, 1.54) is 13.2 Å². The molecule has 1 fully saturated rings. The minimum absolute atomic E-state index is 0. The molecule has 0 aromatic heterocycles. The van der Waals surface area contributed by atoms with Gasteiger partial charge in [-0.1, -0.05) is 0 Å². The Balaban J connectivity index is 0.00000242. The molecule has 5 nitrogen and oxygen atoms in total. The molecular formula is C13H19BrClFN2O3S. The van der Waals surface area contributed by atoms with E-state index >= 15 is 0 Å². The number of nitrogens with one attached hydrogen (secondary N) is 1. The summed E-state index contributed by atoms with van der Waals surface area (Å²) >= 11 is 3.01. The van der Waals surface area contributed by atoms with E-state index in [4.69, 9.17) is 10.5 Å². The Morgan fingerprint density at radius 2 is 1.91 bits per heavy atom. The summed E-state index contributed by atoms with van der Waals surface area (Å²) in [6, 6.07) is 2.22. The zero-order valence-corrected chi connectivity index (χ0v) is 15.2. The lowest BCUT2D eigenvalue weighted by atomic mass is 9.93. The summed E-state index contributed by atoms with van der Waals surface area (Å²) < 4.78 is 46.3. The first-order valence-electron chi connectivity index (χ1n) is 6.64. The molecular weight excluding hydrogens is 399 g/mol. The predicted octanol–water partition coefficient (Wildman–Crippen LogP) is 2.57. The van der Waals surface area contributed by atoms with Crippen LogP contribution in [0.5, 0.6) is 5.75 Å². The fourth-order valence-corrected chi connectivity index (χ4v) is 4.19. The van der Waals surface area contributed by atoms with Gasteiger partial charge in [0.2, 0.25) is 10.0 Å². The molecule has 0 atom stereocenters. The second-order valence-corrected chi connectivity index (χ2v) is 7.69. The number of ether oxygens (including phenoxy) is 1. The van der Waals surface area contributed by atoms with Crippen LogP contribution in [-0.4, -0.2) is 27.6 Å². The third kappa shape index (κ3) is 4.55. The van der Waals surface area contributed by atoms with Crippen LogP contribution in [0.25, 0.3) is 0 Å². The monoisotopic (exact) mass is 416 g/mol. The lowest BCUT2D eigenvalue weighted by Gasteiger charge is -2.26. The minimum Gasteiger partial charge on any atom is -0.495 e. The van der Waals surface area contributed by atoms with Crippen LogP contribution in [0, 0.1) is 5.82 Å². The summed E-state index contributed by atoms with van der Waals surface area (Å²) in [6.45, 7) is 0. The van der Waals surface area contributed by atoms with Gasteiger partial charge in [0, 0.05) is 12.1 Å². The smallest absolute Gasteiger partial charge is 0.244 e. The Kier molecular flexibility index (Phi) is 7.07. The second-order valence-electron chi connectivity index (χ2n) is 5.15. The molecule has 0 aliphatic heterocycles. The number of benzene rings is 1. The highest BCUT2D eigenvalue weighted by molar-refractivity contribution is 9.10. The summed E-state index contributed by atoms with van der Waals surface area (Å²) in [6.07, 6.45) is 2.92. The van der Waals surface area contributed by atoms with Crippen LogP contribution in [-0.2, 0) is 10.0 Å². The van der Waals surface area contributed by atoms with E-state index in [0.29, 0.717) is 12.8 Å². The van der Waals surface area contributed by atoms with Gasteiger partial charge in [-0.05, 0) is 53.7 Å². The van der Waals surface area contributed by atoms with Crippen molar-refractivity contribution in [2.24, 2.45) is 5.73 Å². The van der Waals surface area contributed by atoms with Gasteiger partial charge in [-0.15, -0.1) is 12.4 Å². The lowest BCUT2D eigenvalue weighted by molar-refractivity contribution is 0.371. The topological polar surface area (TPSA) is 81.4 Å². The number of hydrogen-bond acceptors (Lipinski definition) is 4. The van der Waals surface area contributed by atoms with Crippen LogP contribution < -0.4 is 15.2 Å². The van der Waals surface area contributed by atoms with Gasteiger partial charge in [0.05, 0.1) is 11.6 Å². The molecule has 0 spiro atoms. The van der Waals surface area contributed by atoms with Gasteiger partial charge < -0.3 is 10.5 Å². The molecule has 3 N–H and O–H groups in total. The minimum atomic E-state index is -3.84. The van der Waals surface area contributed by atoms with Gasteiger partial charge in [-0.2, -0.15) is 0 Å². The molecule has 0 radical (unpaired) electrons. The normalized spacial score (nSPS) is 22.0. The third-order valence-corrected chi connectivity index (χ3v) is 5.74. The van der Waals surface area contributed by atoms with Crippen LogP contribution in [0.15, 0.2) is 21.5 Å². The molecule has 1 aliphatic rings. The Morgan fingerprint density at radius 3 is 2.45 bits per heavy atom. The van der Waals surface area contributed by atoms with E-state index in [0.717, 1.165) is 18.9 Å². The van der Waals surface area contributed by atoms with Crippen molar-refractivity contribution in [2.45, 2.75) is 42.7 Å². The van der Waals surface area contributed by atoms with Crippen LogP contribution in [0.2, 0.25) is 0 Å². The van der Waals surface area contributed by atoms with Crippen LogP contribution >= 0.6 is 28.3 Å². The van der Waals surface area contributed by atoms with E-state index in [1.54, 1.807) is 0 Å². The largest absolute Gasteiger partial charge is 0.495 e. The molecule has 22 heavy (non-hydrogen) atoms.